The Labute approximate surface area is 274 Å². The molecule has 45 heavy (non-hydrogen) atoms. The summed E-state index contributed by atoms with van der Waals surface area (Å²) in [7, 11) is -1.89. The molecule has 2 N–H and O–H groups in total. The average Bonchev–Trinajstić information content (AvgIpc) is 3.04. The van der Waals surface area contributed by atoms with E-state index in [1.54, 1.807) is 13.0 Å². The SMILES string of the molecule is Cc1cc(O)c2c(c1)C(=O)c1cc(OCCCCC[P+](c3ccccc3)(c3ccccc3)c3ccccc3)cc(O)c1C2=O.[Br-]. The maximum Gasteiger partial charge on any atom is 0.201 e. The van der Waals surface area contributed by atoms with Crippen LogP contribution in [0.1, 0.15) is 56.7 Å². The number of rotatable bonds is 10. The van der Waals surface area contributed by atoms with Gasteiger partial charge in [-0.05, 0) is 86.3 Å². The molecule has 0 saturated carbocycles. The summed E-state index contributed by atoms with van der Waals surface area (Å²) in [5.74, 6) is -1.25. The van der Waals surface area contributed by atoms with Crippen molar-refractivity contribution in [3.05, 3.63) is 143 Å². The second kappa shape index (κ2) is 13.8. The number of carbonyl (C=O) groups is 2. The van der Waals surface area contributed by atoms with Crippen molar-refractivity contribution in [1.82, 2.24) is 0 Å². The zero-order chi connectivity index (χ0) is 30.7. The van der Waals surface area contributed by atoms with E-state index in [1.807, 2.05) is 0 Å². The van der Waals surface area contributed by atoms with Gasteiger partial charge in [0.1, 0.15) is 40.4 Å². The highest BCUT2D eigenvalue weighted by Crippen LogP contribution is 2.56. The number of aromatic hydroxyl groups is 2. The lowest BCUT2D eigenvalue weighted by Gasteiger charge is -2.27. The number of ether oxygens (including phenoxy) is 1. The van der Waals surface area contributed by atoms with Gasteiger partial charge in [-0.1, -0.05) is 54.6 Å². The highest BCUT2D eigenvalue weighted by molar-refractivity contribution is 7.95. The van der Waals surface area contributed by atoms with Gasteiger partial charge in [-0.2, -0.15) is 0 Å². The average molecular weight is 682 g/mol. The van der Waals surface area contributed by atoms with Crippen molar-refractivity contribution in [2.75, 3.05) is 12.8 Å². The largest absolute Gasteiger partial charge is 1.00 e. The number of benzene rings is 5. The Morgan fingerprint density at radius 2 is 1.09 bits per heavy atom. The lowest BCUT2D eigenvalue weighted by molar-refractivity contribution is -0.0000254. The summed E-state index contributed by atoms with van der Waals surface area (Å²) >= 11 is 0. The fourth-order valence-corrected chi connectivity index (χ4v) is 10.7. The Bertz CT molecular complexity index is 1730. The fraction of sp³-hybridized carbons (Fsp3) is 0.158. The third kappa shape index (κ3) is 6.18. The minimum absolute atomic E-state index is 0. The standard InChI is InChI=1S/C38H33O5P.BrH/c1-26-22-31-35(33(39)23-26)38(42)36-32(37(31)41)24-27(25-34(36)40)43-20-12-5-13-21-44(28-14-6-2-7-15-28,29-16-8-3-9-17-29)30-18-10-4-11-19-30;/h2-4,6-11,14-19,22-25H,5,12-13,20-21H2,1H3,(H-,39,40,42);1H. The van der Waals surface area contributed by atoms with Gasteiger partial charge in [0.25, 0.3) is 0 Å². The fourth-order valence-electron chi connectivity index (χ4n) is 6.26. The smallest absolute Gasteiger partial charge is 0.201 e. The number of carbonyl (C=O) groups excluding carboxylic acids is 2. The zero-order valence-electron chi connectivity index (χ0n) is 24.9. The van der Waals surface area contributed by atoms with Crippen LogP contribution in [0.5, 0.6) is 17.2 Å². The van der Waals surface area contributed by atoms with Crippen LogP contribution >= 0.6 is 7.26 Å². The summed E-state index contributed by atoms with van der Waals surface area (Å²) in [5, 5.41) is 25.2. The van der Waals surface area contributed by atoms with Crippen LogP contribution in [0.15, 0.2) is 115 Å². The molecule has 0 amide bonds. The highest BCUT2D eigenvalue weighted by atomic mass is 79.9. The molecule has 0 aromatic heterocycles. The number of phenolic OH excluding ortho intramolecular Hbond substituents is 2. The van der Waals surface area contributed by atoms with E-state index < -0.39 is 18.8 Å². The Morgan fingerprint density at radius 3 is 1.62 bits per heavy atom. The summed E-state index contributed by atoms with van der Waals surface area (Å²) in [6.45, 7) is 2.15. The van der Waals surface area contributed by atoms with E-state index in [2.05, 4.69) is 91.0 Å². The van der Waals surface area contributed by atoms with Crippen molar-refractivity contribution in [3.8, 4) is 17.2 Å². The van der Waals surface area contributed by atoms with Gasteiger partial charge in [0.05, 0.1) is 23.9 Å². The predicted octanol–water partition coefficient (Wildman–Crippen LogP) is 3.73. The van der Waals surface area contributed by atoms with Gasteiger partial charge < -0.3 is 31.9 Å². The van der Waals surface area contributed by atoms with Crippen LogP contribution in [-0.2, 0) is 0 Å². The molecular weight excluding hydrogens is 647 g/mol. The van der Waals surface area contributed by atoms with E-state index in [0.29, 0.717) is 17.9 Å². The molecule has 6 rings (SSSR count). The molecular formula is C38H34BrO5P. The number of hydrogen-bond donors (Lipinski definition) is 2. The minimum atomic E-state index is -1.89. The molecule has 0 unspecified atom stereocenters. The monoisotopic (exact) mass is 680 g/mol. The van der Waals surface area contributed by atoms with Crippen molar-refractivity contribution in [2.45, 2.75) is 26.2 Å². The van der Waals surface area contributed by atoms with Gasteiger partial charge in [0, 0.05) is 17.2 Å². The van der Waals surface area contributed by atoms with Gasteiger partial charge in [0.15, 0.2) is 5.78 Å². The summed E-state index contributed by atoms with van der Waals surface area (Å²) < 4.78 is 5.99. The molecule has 0 aliphatic heterocycles. The number of hydrogen-bond acceptors (Lipinski definition) is 5. The van der Waals surface area contributed by atoms with Crippen LogP contribution in [0.2, 0.25) is 0 Å². The molecule has 0 fully saturated rings. The Kier molecular flexibility index (Phi) is 9.86. The van der Waals surface area contributed by atoms with Crippen LogP contribution in [0.4, 0.5) is 0 Å². The predicted molar refractivity (Wildman–Crippen MR) is 177 cm³/mol. The minimum Gasteiger partial charge on any atom is -1.00 e. The van der Waals surface area contributed by atoms with Gasteiger partial charge in [-0.25, -0.2) is 0 Å². The van der Waals surface area contributed by atoms with E-state index in [0.717, 1.165) is 25.4 Å². The third-order valence-corrected chi connectivity index (χ3v) is 12.8. The summed E-state index contributed by atoms with van der Waals surface area (Å²) in [6, 6.07) is 38.4. The van der Waals surface area contributed by atoms with Crippen LogP contribution in [0.3, 0.4) is 0 Å². The van der Waals surface area contributed by atoms with E-state index in [9.17, 15) is 19.8 Å². The molecule has 0 saturated heterocycles. The number of unbranched alkanes of at least 4 members (excludes halogenated alkanes) is 2. The van der Waals surface area contributed by atoms with Crippen LogP contribution in [-0.4, -0.2) is 34.5 Å². The highest BCUT2D eigenvalue weighted by Gasteiger charge is 2.44. The number of fused-ring (bicyclic) bond motifs is 2. The Morgan fingerprint density at radius 1 is 0.600 bits per heavy atom. The van der Waals surface area contributed by atoms with E-state index in [4.69, 9.17) is 4.74 Å². The van der Waals surface area contributed by atoms with Gasteiger partial charge >= 0.3 is 0 Å². The molecule has 5 aromatic carbocycles. The van der Waals surface area contributed by atoms with Gasteiger partial charge in [0.2, 0.25) is 5.78 Å². The molecule has 1 aliphatic carbocycles. The third-order valence-electron chi connectivity index (χ3n) is 8.29. The van der Waals surface area contributed by atoms with Crippen molar-refractivity contribution in [3.63, 3.8) is 0 Å². The number of halogens is 1. The summed E-state index contributed by atoms with van der Waals surface area (Å²) in [6.07, 6.45) is 3.75. The maximum absolute atomic E-state index is 13.3. The quantitative estimate of drug-likeness (QED) is 0.170. The number of aryl methyl sites for hydroxylation is 1. The van der Waals surface area contributed by atoms with Gasteiger partial charge in [-0.3, -0.25) is 9.59 Å². The first-order chi connectivity index (χ1) is 21.4. The van der Waals surface area contributed by atoms with Crippen LogP contribution in [0.25, 0.3) is 0 Å². The van der Waals surface area contributed by atoms with Crippen molar-refractivity contribution >= 4 is 34.7 Å². The first-order valence-corrected chi connectivity index (χ1v) is 16.9. The lowest BCUT2D eigenvalue weighted by Crippen LogP contribution is -3.00. The van der Waals surface area contributed by atoms with Crippen molar-refractivity contribution in [2.24, 2.45) is 0 Å². The topological polar surface area (TPSA) is 83.8 Å². The molecule has 0 heterocycles. The van der Waals surface area contributed by atoms with Crippen molar-refractivity contribution < 1.29 is 41.5 Å². The molecule has 1 aliphatic rings. The van der Waals surface area contributed by atoms with E-state index in [-0.39, 0.29) is 50.7 Å². The molecule has 228 valence electrons. The van der Waals surface area contributed by atoms with Crippen molar-refractivity contribution in [1.29, 1.82) is 0 Å². The Hall–Kier alpha value is -4.25. The summed E-state index contributed by atoms with van der Waals surface area (Å²) in [5.41, 5.74) is 0.722. The second-order valence-corrected chi connectivity index (χ2v) is 14.8. The van der Waals surface area contributed by atoms with E-state index in [1.165, 1.54) is 34.1 Å². The number of phenols is 2. The molecule has 0 spiro atoms. The first kappa shape index (κ1) is 32.2. The molecule has 0 bridgehead atoms. The zero-order valence-corrected chi connectivity index (χ0v) is 27.4. The molecule has 5 nitrogen and oxygen atoms in total. The maximum atomic E-state index is 13.3. The molecule has 5 aromatic rings. The Balaban J connectivity index is 0.00000400. The molecule has 0 radical (unpaired) electrons. The van der Waals surface area contributed by atoms with Crippen LogP contribution < -0.4 is 37.6 Å². The second-order valence-electron chi connectivity index (χ2n) is 11.2. The number of ketones is 2. The first-order valence-electron chi connectivity index (χ1n) is 14.9. The lowest BCUT2D eigenvalue weighted by atomic mass is 9.82. The van der Waals surface area contributed by atoms with Gasteiger partial charge in [-0.15, -0.1) is 0 Å². The molecule has 7 heteroatoms. The van der Waals surface area contributed by atoms with E-state index >= 15 is 0 Å². The summed E-state index contributed by atoms with van der Waals surface area (Å²) in [4.78, 5) is 26.4. The molecule has 0 atom stereocenters. The normalized spacial score (nSPS) is 12.2. The van der Waals surface area contributed by atoms with Crippen LogP contribution in [0, 0.1) is 6.92 Å².